The lowest BCUT2D eigenvalue weighted by Crippen LogP contribution is -1.95. The molecule has 0 saturated heterocycles. The van der Waals surface area contributed by atoms with E-state index in [1.807, 2.05) is 27.7 Å². The van der Waals surface area contributed by atoms with Crippen molar-refractivity contribution in [3.8, 4) is 0 Å². The molecule has 0 heteroatoms. The van der Waals surface area contributed by atoms with Crippen LogP contribution in [0, 0.1) is 5.92 Å². The van der Waals surface area contributed by atoms with Crippen molar-refractivity contribution in [2.75, 3.05) is 0 Å². The van der Waals surface area contributed by atoms with Crippen molar-refractivity contribution in [2.24, 2.45) is 5.92 Å². The molecular weight excluding hydrogens is 492 g/mol. The summed E-state index contributed by atoms with van der Waals surface area (Å²) in [5.74, 6) is 0.936. The molecule has 0 aliphatic rings. The van der Waals surface area contributed by atoms with E-state index in [-0.39, 0.29) is 0 Å². The van der Waals surface area contributed by atoms with Crippen LogP contribution in [0.25, 0.3) is 0 Å². The van der Waals surface area contributed by atoms with Gasteiger partial charge >= 0.3 is 0 Å². The predicted molar refractivity (Wildman–Crippen MR) is 197 cm³/mol. The van der Waals surface area contributed by atoms with E-state index in [9.17, 15) is 0 Å². The Labute approximate surface area is 264 Å². The summed E-state index contributed by atoms with van der Waals surface area (Å²) >= 11 is 0. The summed E-state index contributed by atoms with van der Waals surface area (Å²) in [6, 6.07) is 0. The second-order valence-corrected chi connectivity index (χ2v) is 11.2. The van der Waals surface area contributed by atoms with E-state index in [1.165, 1.54) is 148 Å². The average molecular weight is 575 g/mol. The van der Waals surface area contributed by atoms with Crippen LogP contribution in [0.2, 0.25) is 0 Å². The Hall–Kier alpha value is -1.04. The maximum Gasteiger partial charge on any atom is -0.0348 e. The van der Waals surface area contributed by atoms with Gasteiger partial charge in [0.25, 0.3) is 0 Å². The van der Waals surface area contributed by atoms with E-state index >= 15 is 0 Å². The number of allylic oxidation sites excluding steroid dienone is 8. The largest absolute Gasteiger partial charge is 0.0845 e. The van der Waals surface area contributed by atoms with Crippen molar-refractivity contribution < 1.29 is 0 Å². The fraction of sp³-hybridized carbons (Fsp3) is 0.805. The lowest BCUT2D eigenvalue weighted by molar-refractivity contribution is 0.431. The van der Waals surface area contributed by atoms with Gasteiger partial charge in [-0.3, -0.25) is 0 Å². The first-order valence-corrected chi connectivity index (χ1v) is 18.9. The minimum absolute atomic E-state index is 0.936. The molecule has 246 valence electrons. The van der Waals surface area contributed by atoms with Gasteiger partial charge in [0.05, 0.1) is 0 Å². The normalized spacial score (nSPS) is 11.2. The zero-order chi connectivity index (χ0) is 31.5. The molecule has 0 spiro atoms. The lowest BCUT2D eigenvalue weighted by atomic mass is 9.96. The summed E-state index contributed by atoms with van der Waals surface area (Å²) in [6.45, 7) is 19.2. The molecule has 41 heavy (non-hydrogen) atoms. The van der Waals surface area contributed by atoms with Gasteiger partial charge in [-0.15, -0.1) is 0 Å². The van der Waals surface area contributed by atoms with Gasteiger partial charge in [-0.25, -0.2) is 0 Å². The molecule has 0 rings (SSSR count). The molecular formula is C41H82. The molecule has 0 nitrogen and oxygen atoms in total. The highest BCUT2D eigenvalue weighted by atomic mass is 14.1. The van der Waals surface area contributed by atoms with Crippen LogP contribution in [0.5, 0.6) is 0 Å². The summed E-state index contributed by atoms with van der Waals surface area (Å²) in [7, 11) is 0. The molecule has 0 aliphatic carbocycles. The molecule has 0 unspecified atom stereocenters. The third-order valence-electron chi connectivity index (χ3n) is 6.85. The minimum Gasteiger partial charge on any atom is -0.0845 e. The van der Waals surface area contributed by atoms with Crippen LogP contribution in [0.4, 0.5) is 0 Å². The smallest absolute Gasteiger partial charge is 0.0348 e. The highest BCUT2D eigenvalue weighted by Crippen LogP contribution is 2.19. The topological polar surface area (TPSA) is 0 Å². The van der Waals surface area contributed by atoms with Crippen molar-refractivity contribution in [3.05, 3.63) is 48.6 Å². The Morgan fingerprint density at radius 3 is 0.902 bits per heavy atom. The van der Waals surface area contributed by atoms with Gasteiger partial charge in [-0.05, 0) is 44.4 Å². The van der Waals surface area contributed by atoms with Crippen molar-refractivity contribution in [3.63, 3.8) is 0 Å². The summed E-state index contributed by atoms with van der Waals surface area (Å²) in [5.41, 5.74) is 0. The number of unbranched alkanes of at least 4 members (excludes halogenated alkanes) is 16. The molecule has 0 amide bonds. The SMILES string of the molecule is CC.CC.CCC.CCCC/C=C/C=C/CCCCCCCCC(C)CCCCCCCC/C=C/C=C/CCCC. The van der Waals surface area contributed by atoms with Crippen molar-refractivity contribution in [2.45, 2.75) is 210 Å². The second-order valence-electron chi connectivity index (χ2n) is 11.2. The maximum absolute atomic E-state index is 2.48. The second kappa shape index (κ2) is 51.7. The first-order valence-electron chi connectivity index (χ1n) is 18.9. The summed E-state index contributed by atoms with van der Waals surface area (Å²) < 4.78 is 0. The van der Waals surface area contributed by atoms with E-state index in [0.717, 1.165) is 5.92 Å². The highest BCUT2D eigenvalue weighted by Gasteiger charge is 2.02. The molecule has 0 heterocycles. The minimum atomic E-state index is 0.936. The molecule has 0 bridgehead atoms. The van der Waals surface area contributed by atoms with Crippen LogP contribution < -0.4 is 0 Å². The third-order valence-corrected chi connectivity index (χ3v) is 6.85. The Balaban J connectivity index is -0.000000891. The Kier molecular flexibility index (Phi) is 59.1. The number of hydrogen-bond acceptors (Lipinski definition) is 0. The molecule has 0 N–H and O–H groups in total. The molecule has 0 aromatic heterocycles. The molecule has 0 aromatic carbocycles. The molecule has 0 fully saturated rings. The van der Waals surface area contributed by atoms with Gasteiger partial charge in [0.1, 0.15) is 0 Å². The fourth-order valence-corrected chi connectivity index (χ4v) is 4.41. The van der Waals surface area contributed by atoms with E-state index in [2.05, 4.69) is 83.2 Å². The quantitative estimate of drug-likeness (QED) is 0.0711. The molecule has 0 aromatic rings. The first-order chi connectivity index (χ1) is 20.2. The van der Waals surface area contributed by atoms with E-state index in [1.54, 1.807) is 0 Å². The van der Waals surface area contributed by atoms with Crippen LogP contribution in [-0.4, -0.2) is 0 Å². The van der Waals surface area contributed by atoms with E-state index < -0.39 is 0 Å². The van der Waals surface area contributed by atoms with Crippen LogP contribution in [0.1, 0.15) is 210 Å². The zero-order valence-corrected chi connectivity index (χ0v) is 30.5. The van der Waals surface area contributed by atoms with E-state index in [4.69, 9.17) is 0 Å². The van der Waals surface area contributed by atoms with Crippen molar-refractivity contribution in [1.29, 1.82) is 0 Å². The maximum atomic E-state index is 2.48. The van der Waals surface area contributed by atoms with Crippen LogP contribution in [0.15, 0.2) is 48.6 Å². The Morgan fingerprint density at radius 2 is 0.610 bits per heavy atom. The monoisotopic (exact) mass is 575 g/mol. The average Bonchev–Trinajstić information content (AvgIpc) is 3.00. The number of hydrogen-bond donors (Lipinski definition) is 0. The van der Waals surface area contributed by atoms with Gasteiger partial charge in [0, 0.05) is 0 Å². The van der Waals surface area contributed by atoms with Gasteiger partial charge in [0.2, 0.25) is 0 Å². The van der Waals surface area contributed by atoms with Crippen LogP contribution in [-0.2, 0) is 0 Å². The van der Waals surface area contributed by atoms with Gasteiger partial charge < -0.3 is 0 Å². The van der Waals surface area contributed by atoms with Crippen LogP contribution in [0.3, 0.4) is 0 Å². The molecule has 0 radical (unpaired) electrons. The van der Waals surface area contributed by atoms with Crippen LogP contribution >= 0.6 is 0 Å². The summed E-state index contributed by atoms with van der Waals surface area (Å²) in [6.07, 6.45) is 49.7. The molecule has 0 atom stereocenters. The molecule has 0 saturated carbocycles. The predicted octanol–water partition coefficient (Wildman–Crippen LogP) is 15.9. The molecule has 0 aliphatic heterocycles. The first kappa shape index (κ1) is 46.9. The Morgan fingerprint density at radius 1 is 0.366 bits per heavy atom. The Bertz CT molecular complexity index is 448. The third kappa shape index (κ3) is 55.5. The fourth-order valence-electron chi connectivity index (χ4n) is 4.41. The highest BCUT2D eigenvalue weighted by molar-refractivity contribution is 5.02. The summed E-state index contributed by atoms with van der Waals surface area (Å²) in [4.78, 5) is 0. The van der Waals surface area contributed by atoms with Crippen molar-refractivity contribution in [1.82, 2.24) is 0 Å². The van der Waals surface area contributed by atoms with E-state index in [0.29, 0.717) is 0 Å². The van der Waals surface area contributed by atoms with Gasteiger partial charge in [-0.2, -0.15) is 0 Å². The summed E-state index contributed by atoms with van der Waals surface area (Å²) in [5, 5.41) is 0. The van der Waals surface area contributed by atoms with Gasteiger partial charge in [-0.1, -0.05) is 220 Å². The zero-order valence-electron chi connectivity index (χ0n) is 30.5. The number of rotatable bonds is 26. The van der Waals surface area contributed by atoms with Crippen molar-refractivity contribution >= 4 is 0 Å². The van der Waals surface area contributed by atoms with Gasteiger partial charge in [0.15, 0.2) is 0 Å². The standard InChI is InChI=1S/C34H62.C3H8.2C2H6/c1-4-6-8-10-12-14-16-18-20-22-24-26-28-30-32-34(3)33-31-29-27-25-23-21-19-17-15-13-11-9-7-5-2;1-3-2;2*1-2/h10-17,34H,4-9,18-33H2,1-3H3;3H2,1-2H3;2*1-2H3/b12-10+,13-11+,16-14+,17-15+;;;. The lowest BCUT2D eigenvalue weighted by Gasteiger charge is -2.11.